The van der Waals surface area contributed by atoms with Crippen molar-refractivity contribution in [2.24, 2.45) is 0 Å². The smallest absolute Gasteiger partial charge is 0.454 e. The Kier molecular flexibility index (Phi) is 16.5. The van der Waals surface area contributed by atoms with E-state index in [1.54, 1.807) is 27.7 Å². The zero-order valence-corrected chi connectivity index (χ0v) is 25.1. The van der Waals surface area contributed by atoms with Crippen LogP contribution in [0.4, 0.5) is 9.59 Å². The van der Waals surface area contributed by atoms with E-state index in [4.69, 9.17) is 28.4 Å². The average Bonchev–Trinajstić information content (AvgIpc) is 2.83. The van der Waals surface area contributed by atoms with E-state index < -0.39 is 24.9 Å². The monoisotopic (exact) mass is 548 g/mol. The molecule has 0 saturated heterocycles. The number of hydrogen-bond acceptors (Lipinski definition) is 8. The summed E-state index contributed by atoms with van der Waals surface area (Å²) >= 11 is 0. The average molecular weight is 549 g/mol. The quantitative estimate of drug-likeness (QED) is 0.0829. The van der Waals surface area contributed by atoms with Gasteiger partial charge in [-0.05, 0) is 84.4 Å². The molecule has 0 aromatic heterocycles. The Morgan fingerprint density at radius 2 is 1.36 bits per heavy atom. The molecule has 0 N–H and O–H groups in total. The first-order valence-corrected chi connectivity index (χ1v) is 14.0. The molecule has 0 fully saturated rings. The summed E-state index contributed by atoms with van der Waals surface area (Å²) in [6, 6.07) is 3.93. The van der Waals surface area contributed by atoms with Crippen molar-refractivity contribution in [3.63, 3.8) is 0 Å². The molecule has 1 rings (SSSR count). The van der Waals surface area contributed by atoms with Gasteiger partial charge in [0.1, 0.15) is 11.5 Å². The molecule has 0 aliphatic rings. The number of carbonyl (C=O) groups excluding carboxylic acids is 2. The van der Waals surface area contributed by atoms with E-state index in [0.717, 1.165) is 49.7 Å². The minimum absolute atomic E-state index is 0.205. The second kappa shape index (κ2) is 19.0. The molecule has 0 amide bonds. The van der Waals surface area contributed by atoms with Crippen molar-refractivity contribution in [2.45, 2.75) is 113 Å². The molecule has 1 aromatic rings. The van der Waals surface area contributed by atoms with Crippen LogP contribution in [0.1, 0.15) is 98.6 Å². The Labute approximate surface area is 234 Å². The summed E-state index contributed by atoms with van der Waals surface area (Å²) in [6.07, 6.45) is 7.38. The molecular weight excluding hydrogens is 500 g/mol. The highest BCUT2D eigenvalue weighted by molar-refractivity contribution is 5.60. The molecule has 0 spiro atoms. The van der Waals surface area contributed by atoms with E-state index in [9.17, 15) is 9.59 Å². The highest BCUT2D eigenvalue weighted by atomic mass is 16.8. The fourth-order valence-electron chi connectivity index (χ4n) is 3.76. The molecule has 0 heterocycles. The maximum atomic E-state index is 11.9. The predicted molar refractivity (Wildman–Crippen MR) is 152 cm³/mol. The molecule has 1 aromatic carbocycles. The number of ether oxygens (including phenoxy) is 6. The Morgan fingerprint density at radius 3 is 1.82 bits per heavy atom. The molecule has 0 bridgehead atoms. The summed E-state index contributed by atoms with van der Waals surface area (Å²) in [5, 5.41) is 0. The van der Waals surface area contributed by atoms with E-state index in [0.29, 0.717) is 17.9 Å². The van der Waals surface area contributed by atoms with Gasteiger partial charge < -0.3 is 28.4 Å². The van der Waals surface area contributed by atoms with E-state index >= 15 is 0 Å². The lowest BCUT2D eigenvalue weighted by Gasteiger charge is -2.22. The van der Waals surface area contributed by atoms with Crippen molar-refractivity contribution in [1.82, 2.24) is 0 Å². The zero-order valence-electron chi connectivity index (χ0n) is 25.1. The third-order valence-corrected chi connectivity index (χ3v) is 5.68. The molecule has 0 saturated carbocycles. The largest absolute Gasteiger partial charge is 0.511 e. The Morgan fingerprint density at radius 1 is 0.821 bits per heavy atom. The number of allylic oxidation sites excluding steroid dienone is 4. The Bertz CT molecular complexity index is 897. The number of hydrogen-bond donors (Lipinski definition) is 0. The highest BCUT2D eigenvalue weighted by Gasteiger charge is 2.20. The molecule has 0 aliphatic heterocycles. The van der Waals surface area contributed by atoms with Crippen molar-refractivity contribution in [3.05, 3.63) is 46.6 Å². The Balaban J connectivity index is 3.39. The number of aryl methyl sites for hydroxylation is 1. The standard InChI is InChI=1S/C31H48O8/c1-9-12-13-17-26-20-28(36-24(7)38-30(32)34-10-2)27(19-18-23(6)16-14-15-22(4)5)29(21-26)37-25(8)39-31(33)35-11-3/h15,18,20-21,24-25H,9-14,16-17,19H2,1-8H3. The molecule has 220 valence electrons. The van der Waals surface area contributed by atoms with Crippen molar-refractivity contribution in [2.75, 3.05) is 13.2 Å². The lowest BCUT2D eigenvalue weighted by Crippen LogP contribution is -2.24. The van der Waals surface area contributed by atoms with Crippen LogP contribution in [0.3, 0.4) is 0 Å². The van der Waals surface area contributed by atoms with Gasteiger partial charge in [0.15, 0.2) is 0 Å². The van der Waals surface area contributed by atoms with Crippen LogP contribution in [-0.4, -0.2) is 38.1 Å². The van der Waals surface area contributed by atoms with Gasteiger partial charge in [0.2, 0.25) is 12.6 Å². The fraction of sp³-hybridized carbons (Fsp3) is 0.613. The van der Waals surface area contributed by atoms with Crippen LogP contribution >= 0.6 is 0 Å². The maximum Gasteiger partial charge on any atom is 0.511 e. The topological polar surface area (TPSA) is 89.5 Å². The van der Waals surface area contributed by atoms with Gasteiger partial charge in [0.25, 0.3) is 0 Å². The second-order valence-corrected chi connectivity index (χ2v) is 9.58. The summed E-state index contributed by atoms with van der Waals surface area (Å²) in [5.41, 5.74) is 4.28. The second-order valence-electron chi connectivity index (χ2n) is 9.58. The van der Waals surface area contributed by atoms with Crippen LogP contribution in [-0.2, 0) is 31.8 Å². The fourth-order valence-corrected chi connectivity index (χ4v) is 3.76. The summed E-state index contributed by atoms with van der Waals surface area (Å²) in [5.74, 6) is 1.07. The van der Waals surface area contributed by atoms with E-state index in [1.165, 1.54) is 11.1 Å². The minimum atomic E-state index is -0.891. The van der Waals surface area contributed by atoms with Gasteiger partial charge in [-0.15, -0.1) is 0 Å². The molecule has 2 unspecified atom stereocenters. The van der Waals surface area contributed by atoms with Crippen molar-refractivity contribution >= 4 is 12.3 Å². The van der Waals surface area contributed by atoms with Gasteiger partial charge >= 0.3 is 12.3 Å². The van der Waals surface area contributed by atoms with Crippen molar-refractivity contribution in [3.8, 4) is 11.5 Å². The first-order valence-electron chi connectivity index (χ1n) is 14.0. The summed E-state index contributed by atoms with van der Waals surface area (Å²) in [6.45, 7) is 15.5. The molecule has 2 atom stereocenters. The first-order chi connectivity index (χ1) is 18.6. The van der Waals surface area contributed by atoms with Gasteiger partial charge in [0, 0.05) is 19.4 Å². The molecule has 8 nitrogen and oxygen atoms in total. The number of benzene rings is 1. The summed E-state index contributed by atoms with van der Waals surface area (Å²) in [7, 11) is 0. The highest BCUT2D eigenvalue weighted by Crippen LogP contribution is 2.34. The molecular formula is C31H48O8. The van der Waals surface area contributed by atoms with Crippen LogP contribution in [0.5, 0.6) is 11.5 Å². The van der Waals surface area contributed by atoms with E-state index in [1.807, 2.05) is 12.1 Å². The number of carbonyl (C=O) groups is 2. The first kappa shape index (κ1) is 33.9. The SMILES string of the molecule is CCCCCc1cc(OC(C)OC(=O)OCC)c(CC=C(C)CCC=C(C)C)c(OC(C)OC(=O)OCC)c1. The van der Waals surface area contributed by atoms with Gasteiger partial charge in [-0.3, -0.25) is 0 Å². The minimum Gasteiger partial charge on any atom is -0.454 e. The molecule has 39 heavy (non-hydrogen) atoms. The zero-order chi connectivity index (χ0) is 29.2. The summed E-state index contributed by atoms with van der Waals surface area (Å²) < 4.78 is 32.6. The summed E-state index contributed by atoms with van der Waals surface area (Å²) in [4.78, 5) is 23.8. The van der Waals surface area contributed by atoms with Crippen LogP contribution < -0.4 is 9.47 Å². The molecule has 0 radical (unpaired) electrons. The van der Waals surface area contributed by atoms with Gasteiger partial charge in [-0.1, -0.05) is 43.1 Å². The Hall–Kier alpha value is -3.16. The third kappa shape index (κ3) is 14.5. The normalized spacial score (nSPS) is 12.7. The van der Waals surface area contributed by atoms with Gasteiger partial charge in [-0.25, -0.2) is 9.59 Å². The lowest BCUT2D eigenvalue weighted by molar-refractivity contribution is -0.0548. The van der Waals surface area contributed by atoms with E-state index in [2.05, 4.69) is 39.8 Å². The third-order valence-electron chi connectivity index (χ3n) is 5.68. The predicted octanol–water partition coefficient (Wildman–Crippen LogP) is 8.45. The number of unbranched alkanes of at least 4 members (excludes halogenated alkanes) is 2. The van der Waals surface area contributed by atoms with Crippen LogP contribution in [0.2, 0.25) is 0 Å². The van der Waals surface area contributed by atoms with Crippen LogP contribution in [0.25, 0.3) is 0 Å². The molecule has 0 aliphatic carbocycles. The van der Waals surface area contributed by atoms with Crippen molar-refractivity contribution < 1.29 is 38.0 Å². The molecule has 8 heteroatoms. The van der Waals surface area contributed by atoms with Crippen molar-refractivity contribution in [1.29, 1.82) is 0 Å². The van der Waals surface area contributed by atoms with Crippen LogP contribution in [0.15, 0.2) is 35.4 Å². The lowest BCUT2D eigenvalue weighted by atomic mass is 10.00. The van der Waals surface area contributed by atoms with Gasteiger partial charge in [-0.2, -0.15) is 0 Å². The van der Waals surface area contributed by atoms with Crippen LogP contribution in [0, 0.1) is 0 Å². The number of rotatable bonds is 17. The van der Waals surface area contributed by atoms with Gasteiger partial charge in [0.05, 0.1) is 13.2 Å². The maximum absolute atomic E-state index is 11.9. The van der Waals surface area contributed by atoms with E-state index in [-0.39, 0.29) is 13.2 Å².